The number of ether oxygens (including phenoxy) is 1. The number of pyridine rings is 1. The molecule has 3 aromatic rings. The van der Waals surface area contributed by atoms with Crippen LogP contribution in [0.4, 0.5) is 0 Å². The summed E-state index contributed by atoms with van der Waals surface area (Å²) >= 11 is 6.05. The van der Waals surface area contributed by atoms with Crippen molar-refractivity contribution in [3.8, 4) is 5.88 Å². The Bertz CT molecular complexity index is 1000. The van der Waals surface area contributed by atoms with Crippen LogP contribution >= 0.6 is 11.6 Å². The fraction of sp³-hybridized carbons (Fsp3) is 0.308. The predicted octanol–water partition coefficient (Wildman–Crippen LogP) is 5.73. The molecule has 1 heterocycles. The molecule has 0 spiro atoms. The lowest BCUT2D eigenvalue weighted by Gasteiger charge is -2.30. The minimum atomic E-state index is -1.06. The number of aryl methyl sites for hydroxylation is 1. The molecule has 2 atom stereocenters. The Kier molecular flexibility index (Phi) is 7.34. The van der Waals surface area contributed by atoms with Crippen molar-refractivity contribution in [3.63, 3.8) is 0 Å². The number of halogens is 1. The van der Waals surface area contributed by atoms with Gasteiger partial charge in [-0.15, -0.1) is 0 Å². The molecule has 0 aliphatic carbocycles. The van der Waals surface area contributed by atoms with Gasteiger partial charge >= 0.3 is 0 Å². The summed E-state index contributed by atoms with van der Waals surface area (Å²) in [5.41, 5.74) is 2.12. The Morgan fingerprint density at radius 3 is 2.35 bits per heavy atom. The maximum Gasteiger partial charge on any atom is 0.263 e. The van der Waals surface area contributed by atoms with Crippen molar-refractivity contribution < 1.29 is 9.53 Å². The molecule has 0 saturated heterocycles. The third kappa shape index (κ3) is 6.31. The molecule has 1 N–H and O–H groups in total. The second-order valence-corrected chi connectivity index (χ2v) is 8.78. The van der Waals surface area contributed by atoms with Gasteiger partial charge < -0.3 is 10.1 Å². The number of rotatable bonds is 8. The van der Waals surface area contributed by atoms with Crippen LogP contribution in [0.5, 0.6) is 5.88 Å². The number of aromatic nitrogens is 1. The van der Waals surface area contributed by atoms with Crippen molar-refractivity contribution in [1.29, 1.82) is 0 Å². The molecule has 0 bridgehead atoms. The number of carbonyl (C=O) groups is 1. The van der Waals surface area contributed by atoms with E-state index >= 15 is 0 Å². The maximum atomic E-state index is 13.1. The number of carbonyl (C=O) groups excluding carboxylic acids is 1. The number of hydrogen-bond acceptors (Lipinski definition) is 3. The molecular formula is C26H29ClN2O2. The highest BCUT2D eigenvalue weighted by Gasteiger charge is 2.33. The fourth-order valence-electron chi connectivity index (χ4n) is 3.52. The summed E-state index contributed by atoms with van der Waals surface area (Å²) in [5.74, 6) is 0.355. The first-order valence-corrected chi connectivity index (χ1v) is 10.9. The molecule has 0 aliphatic rings. The molecule has 0 fully saturated rings. The smallest absolute Gasteiger partial charge is 0.263 e. The Labute approximate surface area is 189 Å². The Morgan fingerprint density at radius 2 is 1.71 bits per heavy atom. The van der Waals surface area contributed by atoms with E-state index in [9.17, 15) is 4.79 Å². The lowest BCUT2D eigenvalue weighted by atomic mass is 9.86. The lowest BCUT2D eigenvalue weighted by Crippen LogP contribution is -2.51. The zero-order valence-electron chi connectivity index (χ0n) is 18.4. The van der Waals surface area contributed by atoms with Crippen molar-refractivity contribution in [1.82, 2.24) is 10.3 Å². The highest BCUT2D eigenvalue weighted by Crippen LogP contribution is 2.26. The third-order valence-corrected chi connectivity index (χ3v) is 5.58. The van der Waals surface area contributed by atoms with Gasteiger partial charge in [0, 0.05) is 28.7 Å². The highest BCUT2D eigenvalue weighted by atomic mass is 35.5. The summed E-state index contributed by atoms with van der Waals surface area (Å²) in [7, 11) is 0. The molecule has 5 heteroatoms. The maximum absolute atomic E-state index is 13.1. The van der Waals surface area contributed by atoms with Gasteiger partial charge in [0.2, 0.25) is 5.88 Å². The summed E-state index contributed by atoms with van der Waals surface area (Å²) in [4.78, 5) is 17.5. The predicted molar refractivity (Wildman–Crippen MR) is 126 cm³/mol. The largest absolute Gasteiger partial charge is 0.462 e. The van der Waals surface area contributed by atoms with Crippen molar-refractivity contribution in [2.24, 2.45) is 0 Å². The first kappa shape index (κ1) is 22.8. The second-order valence-electron chi connectivity index (χ2n) is 8.34. The molecule has 2 aromatic carbocycles. The normalized spacial score (nSPS) is 13.3. The van der Waals surface area contributed by atoms with Gasteiger partial charge in [-0.1, -0.05) is 60.1 Å². The zero-order valence-corrected chi connectivity index (χ0v) is 19.2. The summed E-state index contributed by atoms with van der Waals surface area (Å²) in [6.45, 7) is 7.45. The lowest BCUT2D eigenvalue weighted by molar-refractivity contribution is -0.135. The molecular weight excluding hydrogens is 408 g/mol. The Balaban J connectivity index is 1.76. The second kappa shape index (κ2) is 9.97. The molecule has 31 heavy (non-hydrogen) atoms. The SMILES string of the molecule is Cc1cccc(OC(C)(C)C(=O)NC(C)[C@@H](Cc2ccc(Cl)cc2)c2ccccc2)n1. The zero-order chi connectivity index (χ0) is 22.4. The van der Waals surface area contributed by atoms with Gasteiger partial charge in [-0.3, -0.25) is 4.79 Å². The van der Waals surface area contributed by atoms with Gasteiger partial charge in [-0.2, -0.15) is 0 Å². The molecule has 1 amide bonds. The van der Waals surface area contributed by atoms with Crippen molar-refractivity contribution in [3.05, 3.63) is 94.6 Å². The minimum absolute atomic E-state index is 0.0965. The number of nitrogens with zero attached hydrogens (tertiary/aromatic N) is 1. The van der Waals surface area contributed by atoms with Crippen molar-refractivity contribution in [2.75, 3.05) is 0 Å². The van der Waals surface area contributed by atoms with Crippen LogP contribution in [0.25, 0.3) is 0 Å². The number of amides is 1. The van der Waals surface area contributed by atoms with Gasteiger partial charge in [-0.05, 0) is 63.4 Å². The summed E-state index contributed by atoms with van der Waals surface area (Å²) in [5, 5.41) is 3.88. The van der Waals surface area contributed by atoms with Crippen LogP contribution in [0.2, 0.25) is 5.02 Å². The van der Waals surface area contributed by atoms with Crippen LogP contribution in [0.1, 0.15) is 43.5 Å². The molecule has 0 radical (unpaired) electrons. The van der Waals surface area contributed by atoms with E-state index < -0.39 is 5.60 Å². The van der Waals surface area contributed by atoms with Crippen molar-refractivity contribution in [2.45, 2.75) is 51.7 Å². The quantitative estimate of drug-likeness (QED) is 0.490. The highest BCUT2D eigenvalue weighted by molar-refractivity contribution is 6.30. The van der Waals surface area contributed by atoms with Crippen LogP contribution in [0.15, 0.2) is 72.8 Å². The first-order chi connectivity index (χ1) is 14.7. The van der Waals surface area contributed by atoms with E-state index in [-0.39, 0.29) is 17.9 Å². The Morgan fingerprint density at radius 1 is 1.03 bits per heavy atom. The van der Waals surface area contributed by atoms with Crippen LogP contribution in [0.3, 0.4) is 0 Å². The van der Waals surface area contributed by atoms with E-state index in [1.165, 1.54) is 11.1 Å². The summed E-state index contributed by atoms with van der Waals surface area (Å²) < 4.78 is 5.92. The molecule has 0 saturated carbocycles. The standard InChI is InChI=1S/C26H29ClN2O2/c1-18-9-8-12-24(28-18)31-26(3,4)25(30)29-19(2)23(21-10-6-5-7-11-21)17-20-13-15-22(27)16-14-20/h5-16,19,23H,17H2,1-4H3,(H,29,30)/t19?,23-/m1/s1. The average Bonchev–Trinajstić information content (AvgIpc) is 2.73. The molecule has 4 nitrogen and oxygen atoms in total. The van der Waals surface area contributed by atoms with Crippen LogP contribution in [-0.4, -0.2) is 22.5 Å². The van der Waals surface area contributed by atoms with Crippen molar-refractivity contribution >= 4 is 17.5 Å². The van der Waals surface area contributed by atoms with E-state index in [2.05, 4.69) is 22.4 Å². The fourth-order valence-corrected chi connectivity index (χ4v) is 3.65. The average molecular weight is 437 g/mol. The molecule has 1 aromatic heterocycles. The van der Waals surface area contributed by atoms with Gasteiger partial charge in [0.05, 0.1) is 0 Å². The molecule has 162 valence electrons. The van der Waals surface area contributed by atoms with Crippen LogP contribution < -0.4 is 10.1 Å². The third-order valence-electron chi connectivity index (χ3n) is 5.33. The summed E-state index contributed by atoms with van der Waals surface area (Å²) in [6.07, 6.45) is 0.781. The minimum Gasteiger partial charge on any atom is -0.462 e. The van der Waals surface area contributed by atoms with Crippen LogP contribution in [-0.2, 0) is 11.2 Å². The first-order valence-electron chi connectivity index (χ1n) is 10.5. The number of nitrogens with one attached hydrogen (secondary N) is 1. The van der Waals surface area contributed by atoms with E-state index in [0.29, 0.717) is 10.9 Å². The monoisotopic (exact) mass is 436 g/mol. The molecule has 1 unspecified atom stereocenters. The molecule has 3 rings (SSSR count). The summed E-state index contributed by atoms with van der Waals surface area (Å²) in [6, 6.07) is 23.5. The van der Waals surface area contributed by atoms with Gasteiger partial charge in [-0.25, -0.2) is 4.98 Å². The van der Waals surface area contributed by atoms with E-state index in [1.807, 2.05) is 68.4 Å². The van der Waals surface area contributed by atoms with E-state index in [0.717, 1.165) is 12.1 Å². The molecule has 0 aliphatic heterocycles. The number of benzene rings is 2. The van der Waals surface area contributed by atoms with Gasteiger partial charge in [0.1, 0.15) is 0 Å². The van der Waals surface area contributed by atoms with Gasteiger partial charge in [0.25, 0.3) is 5.91 Å². The topological polar surface area (TPSA) is 51.2 Å². The van der Waals surface area contributed by atoms with Crippen LogP contribution in [0, 0.1) is 6.92 Å². The van der Waals surface area contributed by atoms with Gasteiger partial charge in [0.15, 0.2) is 5.60 Å². The van der Waals surface area contributed by atoms with E-state index in [4.69, 9.17) is 16.3 Å². The Hall–Kier alpha value is -2.85. The number of hydrogen-bond donors (Lipinski definition) is 1. The van der Waals surface area contributed by atoms with E-state index in [1.54, 1.807) is 19.9 Å².